The normalized spacial score (nSPS) is 17.7. The fourth-order valence-electron chi connectivity index (χ4n) is 2.21. The van der Waals surface area contributed by atoms with E-state index in [9.17, 15) is 9.59 Å². The second kappa shape index (κ2) is 6.91. The van der Waals surface area contributed by atoms with Crippen molar-refractivity contribution in [2.45, 2.75) is 25.4 Å². The van der Waals surface area contributed by atoms with Gasteiger partial charge in [0.05, 0.1) is 0 Å². The highest BCUT2D eigenvalue weighted by Gasteiger charge is 2.15. The molecule has 20 heavy (non-hydrogen) atoms. The van der Waals surface area contributed by atoms with Crippen LogP contribution in [0.3, 0.4) is 0 Å². The van der Waals surface area contributed by atoms with Crippen LogP contribution in [0.2, 0.25) is 0 Å². The number of nitrogens with one attached hydrogen (secondary N) is 3. The second-order valence-corrected chi connectivity index (χ2v) is 4.92. The monoisotopic (exact) mass is 276 g/mol. The van der Waals surface area contributed by atoms with Crippen molar-refractivity contribution in [2.24, 2.45) is 5.73 Å². The van der Waals surface area contributed by atoms with Crippen molar-refractivity contribution in [1.82, 2.24) is 16.0 Å². The highest BCUT2D eigenvalue weighted by molar-refractivity contribution is 5.94. The van der Waals surface area contributed by atoms with Crippen LogP contribution < -0.4 is 21.7 Å². The van der Waals surface area contributed by atoms with E-state index < -0.39 is 6.03 Å². The Morgan fingerprint density at radius 1 is 1.25 bits per heavy atom. The molecule has 1 aromatic rings. The fourth-order valence-corrected chi connectivity index (χ4v) is 2.21. The van der Waals surface area contributed by atoms with Gasteiger partial charge in [0.15, 0.2) is 0 Å². The van der Waals surface area contributed by atoms with Crippen molar-refractivity contribution in [1.29, 1.82) is 0 Å². The molecule has 1 aromatic carbocycles. The molecule has 0 aliphatic carbocycles. The Balaban J connectivity index is 1.81. The summed E-state index contributed by atoms with van der Waals surface area (Å²) in [5.74, 6) is -0.0758. The molecule has 0 bridgehead atoms. The third kappa shape index (κ3) is 4.24. The maximum atomic E-state index is 12.0. The molecule has 0 aromatic heterocycles. The Hall–Kier alpha value is -2.08. The van der Waals surface area contributed by atoms with Gasteiger partial charge in [0.2, 0.25) is 0 Å². The number of amides is 3. The predicted octanol–water partition coefficient (Wildman–Crippen LogP) is 0.337. The number of rotatable bonds is 5. The van der Waals surface area contributed by atoms with Crippen molar-refractivity contribution in [2.75, 3.05) is 13.1 Å². The van der Waals surface area contributed by atoms with Gasteiger partial charge >= 0.3 is 6.03 Å². The van der Waals surface area contributed by atoms with Crippen LogP contribution in [0.15, 0.2) is 24.3 Å². The lowest BCUT2D eigenvalue weighted by Crippen LogP contribution is -2.37. The number of benzene rings is 1. The first-order valence-electron chi connectivity index (χ1n) is 6.79. The minimum Gasteiger partial charge on any atom is -0.352 e. The van der Waals surface area contributed by atoms with Crippen LogP contribution >= 0.6 is 0 Å². The van der Waals surface area contributed by atoms with E-state index in [1.54, 1.807) is 24.3 Å². The van der Waals surface area contributed by atoms with Crippen LogP contribution in [0.1, 0.15) is 28.8 Å². The summed E-state index contributed by atoms with van der Waals surface area (Å²) in [6, 6.07) is 6.93. The van der Waals surface area contributed by atoms with Crippen molar-refractivity contribution < 1.29 is 9.59 Å². The Morgan fingerprint density at radius 3 is 2.60 bits per heavy atom. The molecule has 1 unspecified atom stereocenters. The van der Waals surface area contributed by atoms with E-state index in [0.717, 1.165) is 18.5 Å². The molecule has 1 atom stereocenters. The minimum absolute atomic E-state index is 0.0758. The molecule has 3 amide bonds. The van der Waals surface area contributed by atoms with E-state index in [-0.39, 0.29) is 5.91 Å². The van der Waals surface area contributed by atoms with E-state index in [1.165, 1.54) is 6.42 Å². The van der Waals surface area contributed by atoms with Gasteiger partial charge in [-0.15, -0.1) is 0 Å². The second-order valence-electron chi connectivity index (χ2n) is 4.92. The molecule has 1 saturated heterocycles. The lowest BCUT2D eigenvalue weighted by atomic mass is 10.1. The summed E-state index contributed by atoms with van der Waals surface area (Å²) in [7, 11) is 0. The first kappa shape index (κ1) is 14.3. The summed E-state index contributed by atoms with van der Waals surface area (Å²) in [6.45, 7) is 2.05. The van der Waals surface area contributed by atoms with Gasteiger partial charge in [-0.2, -0.15) is 0 Å². The van der Waals surface area contributed by atoms with Gasteiger partial charge in [-0.3, -0.25) is 4.79 Å². The zero-order valence-electron chi connectivity index (χ0n) is 11.3. The largest absolute Gasteiger partial charge is 0.352 e. The van der Waals surface area contributed by atoms with E-state index >= 15 is 0 Å². The fraction of sp³-hybridized carbons (Fsp3) is 0.429. The maximum absolute atomic E-state index is 12.0. The Bertz CT molecular complexity index is 467. The van der Waals surface area contributed by atoms with Gasteiger partial charge in [0, 0.05) is 24.7 Å². The van der Waals surface area contributed by atoms with Crippen molar-refractivity contribution in [3.63, 3.8) is 0 Å². The van der Waals surface area contributed by atoms with Crippen molar-refractivity contribution in [3.8, 4) is 0 Å². The molecule has 6 nitrogen and oxygen atoms in total. The molecule has 1 fully saturated rings. The van der Waals surface area contributed by atoms with Gasteiger partial charge in [0.1, 0.15) is 0 Å². The van der Waals surface area contributed by atoms with Crippen LogP contribution in [-0.2, 0) is 6.54 Å². The molecular weight excluding hydrogens is 256 g/mol. The summed E-state index contributed by atoms with van der Waals surface area (Å²) >= 11 is 0. The summed E-state index contributed by atoms with van der Waals surface area (Å²) in [6.07, 6.45) is 2.28. The third-order valence-electron chi connectivity index (χ3n) is 3.35. The first-order valence-corrected chi connectivity index (χ1v) is 6.79. The Morgan fingerprint density at radius 2 is 2.00 bits per heavy atom. The van der Waals surface area contributed by atoms with Crippen LogP contribution in [-0.4, -0.2) is 31.1 Å². The van der Waals surface area contributed by atoms with E-state index in [0.29, 0.717) is 24.7 Å². The summed E-state index contributed by atoms with van der Waals surface area (Å²) in [5.41, 5.74) is 6.51. The number of nitrogens with two attached hydrogens (primary N) is 1. The summed E-state index contributed by atoms with van der Waals surface area (Å²) < 4.78 is 0. The van der Waals surface area contributed by atoms with Crippen LogP contribution in [0.5, 0.6) is 0 Å². The van der Waals surface area contributed by atoms with Gasteiger partial charge < -0.3 is 21.7 Å². The Labute approximate surface area is 118 Å². The SMILES string of the molecule is NC(=O)NCc1ccc(C(=O)NCC2CCCN2)cc1. The molecule has 0 saturated carbocycles. The number of urea groups is 1. The van der Waals surface area contributed by atoms with Crippen LogP contribution in [0, 0.1) is 0 Å². The van der Waals surface area contributed by atoms with Crippen molar-refractivity contribution in [3.05, 3.63) is 35.4 Å². The van der Waals surface area contributed by atoms with E-state index in [2.05, 4.69) is 16.0 Å². The molecule has 1 heterocycles. The standard InChI is InChI=1S/C14H20N4O2/c15-14(20)18-8-10-3-5-11(6-4-10)13(19)17-9-12-2-1-7-16-12/h3-6,12,16H,1-2,7-9H2,(H,17,19)(H3,15,18,20). The molecule has 2 rings (SSSR count). The van der Waals surface area contributed by atoms with Crippen LogP contribution in [0.25, 0.3) is 0 Å². The lowest BCUT2D eigenvalue weighted by molar-refractivity contribution is 0.0950. The number of carbonyl (C=O) groups excluding carboxylic acids is 2. The van der Waals surface area contributed by atoms with E-state index in [4.69, 9.17) is 5.73 Å². The number of hydrogen-bond acceptors (Lipinski definition) is 3. The number of hydrogen-bond donors (Lipinski definition) is 4. The van der Waals surface area contributed by atoms with Gasteiger partial charge in [0.25, 0.3) is 5.91 Å². The zero-order valence-corrected chi connectivity index (χ0v) is 11.3. The summed E-state index contributed by atoms with van der Waals surface area (Å²) in [5, 5.41) is 8.76. The molecule has 1 aliphatic heterocycles. The average molecular weight is 276 g/mol. The smallest absolute Gasteiger partial charge is 0.312 e. The summed E-state index contributed by atoms with van der Waals surface area (Å²) in [4.78, 5) is 22.6. The quantitative estimate of drug-likeness (QED) is 0.624. The Kier molecular flexibility index (Phi) is 4.95. The zero-order chi connectivity index (χ0) is 14.4. The van der Waals surface area contributed by atoms with Crippen molar-refractivity contribution >= 4 is 11.9 Å². The minimum atomic E-state index is -0.559. The predicted molar refractivity (Wildman–Crippen MR) is 76.2 cm³/mol. The molecule has 1 aliphatic rings. The first-order chi connectivity index (χ1) is 9.65. The third-order valence-corrected chi connectivity index (χ3v) is 3.35. The maximum Gasteiger partial charge on any atom is 0.312 e. The topological polar surface area (TPSA) is 96.2 Å². The lowest BCUT2D eigenvalue weighted by Gasteiger charge is -2.11. The van der Waals surface area contributed by atoms with Gasteiger partial charge in [-0.25, -0.2) is 4.79 Å². The molecule has 0 radical (unpaired) electrons. The number of primary amides is 1. The van der Waals surface area contributed by atoms with Crippen LogP contribution in [0.4, 0.5) is 4.79 Å². The molecular formula is C14H20N4O2. The molecule has 0 spiro atoms. The molecule has 6 heteroatoms. The highest BCUT2D eigenvalue weighted by atomic mass is 16.2. The molecule has 5 N–H and O–H groups in total. The van der Waals surface area contributed by atoms with Gasteiger partial charge in [-0.05, 0) is 37.1 Å². The highest BCUT2D eigenvalue weighted by Crippen LogP contribution is 2.06. The molecule has 108 valence electrons. The van der Waals surface area contributed by atoms with Gasteiger partial charge in [-0.1, -0.05) is 12.1 Å². The average Bonchev–Trinajstić information content (AvgIpc) is 2.96. The van der Waals surface area contributed by atoms with E-state index in [1.807, 2.05) is 0 Å². The number of carbonyl (C=O) groups is 2.